The number of nitriles is 1. The van der Waals surface area contributed by atoms with Crippen molar-refractivity contribution < 1.29 is 0 Å². The lowest BCUT2D eigenvalue weighted by Crippen LogP contribution is -2.30. The molecule has 1 saturated carbocycles. The molecule has 1 aromatic carbocycles. The largest absolute Gasteiger partial charge is 0.381 e. The zero-order chi connectivity index (χ0) is 11.5. The molecule has 0 heterocycles. The van der Waals surface area contributed by atoms with Crippen LogP contribution in [0.4, 0.5) is 5.69 Å². The van der Waals surface area contributed by atoms with Gasteiger partial charge in [-0.05, 0) is 49.4 Å². The molecule has 0 aliphatic heterocycles. The number of hydrogen-bond acceptors (Lipinski definition) is 3. The van der Waals surface area contributed by atoms with Crippen LogP contribution in [0.1, 0.15) is 24.0 Å². The Labute approximate surface area is 96.3 Å². The van der Waals surface area contributed by atoms with E-state index in [9.17, 15) is 0 Å². The van der Waals surface area contributed by atoms with Crippen molar-refractivity contribution in [1.82, 2.24) is 0 Å². The van der Waals surface area contributed by atoms with E-state index >= 15 is 0 Å². The van der Waals surface area contributed by atoms with Gasteiger partial charge in [0.25, 0.3) is 0 Å². The lowest BCUT2D eigenvalue weighted by molar-refractivity contribution is 0.645. The summed E-state index contributed by atoms with van der Waals surface area (Å²) >= 11 is 0. The SMILES string of the molecule is Cc1cc(NC(CN)C2CC2)ccc1C#N. The summed E-state index contributed by atoms with van der Waals surface area (Å²) in [7, 11) is 0. The van der Waals surface area contributed by atoms with Crippen LogP contribution < -0.4 is 11.1 Å². The zero-order valence-electron chi connectivity index (χ0n) is 9.53. The molecule has 0 spiro atoms. The van der Waals surface area contributed by atoms with Gasteiger partial charge in [-0.3, -0.25) is 0 Å². The Kier molecular flexibility index (Phi) is 3.12. The van der Waals surface area contributed by atoms with E-state index in [-0.39, 0.29) is 0 Å². The van der Waals surface area contributed by atoms with Crippen molar-refractivity contribution in [3.05, 3.63) is 29.3 Å². The van der Waals surface area contributed by atoms with Gasteiger partial charge in [0.1, 0.15) is 0 Å². The number of hydrogen-bond donors (Lipinski definition) is 2. The molecule has 3 N–H and O–H groups in total. The van der Waals surface area contributed by atoms with Gasteiger partial charge in [0, 0.05) is 18.3 Å². The average molecular weight is 215 g/mol. The van der Waals surface area contributed by atoms with Crippen LogP contribution in [0.3, 0.4) is 0 Å². The minimum absolute atomic E-state index is 0.382. The molecule has 1 aliphatic rings. The molecule has 0 amide bonds. The van der Waals surface area contributed by atoms with Gasteiger partial charge in [0.15, 0.2) is 0 Å². The third-order valence-corrected chi connectivity index (χ3v) is 3.14. The average Bonchev–Trinajstić information content (AvgIpc) is 3.10. The second kappa shape index (κ2) is 4.54. The maximum Gasteiger partial charge on any atom is 0.0994 e. The van der Waals surface area contributed by atoms with Crippen LogP contribution in [0.5, 0.6) is 0 Å². The number of rotatable bonds is 4. The molecule has 0 aromatic heterocycles. The van der Waals surface area contributed by atoms with E-state index in [4.69, 9.17) is 11.0 Å². The van der Waals surface area contributed by atoms with Crippen molar-refractivity contribution in [3.63, 3.8) is 0 Å². The molecule has 3 nitrogen and oxygen atoms in total. The smallest absolute Gasteiger partial charge is 0.0994 e. The monoisotopic (exact) mass is 215 g/mol. The molecule has 0 bridgehead atoms. The van der Waals surface area contributed by atoms with Crippen LogP contribution in [-0.2, 0) is 0 Å². The van der Waals surface area contributed by atoms with Crippen molar-refractivity contribution in [2.45, 2.75) is 25.8 Å². The lowest BCUT2D eigenvalue weighted by Gasteiger charge is -2.17. The van der Waals surface area contributed by atoms with Crippen molar-refractivity contribution in [2.75, 3.05) is 11.9 Å². The van der Waals surface area contributed by atoms with Gasteiger partial charge >= 0.3 is 0 Å². The van der Waals surface area contributed by atoms with Gasteiger partial charge in [-0.1, -0.05) is 0 Å². The number of nitrogens with two attached hydrogens (primary N) is 1. The quantitative estimate of drug-likeness (QED) is 0.807. The molecule has 1 unspecified atom stereocenters. The maximum atomic E-state index is 8.85. The third-order valence-electron chi connectivity index (χ3n) is 3.14. The summed E-state index contributed by atoms with van der Waals surface area (Å²) in [5.41, 5.74) is 8.56. The topological polar surface area (TPSA) is 61.8 Å². The van der Waals surface area contributed by atoms with Crippen LogP contribution in [0.15, 0.2) is 18.2 Å². The highest BCUT2D eigenvalue weighted by molar-refractivity contribution is 5.52. The summed E-state index contributed by atoms with van der Waals surface area (Å²) in [6.07, 6.45) is 2.56. The van der Waals surface area contributed by atoms with Crippen LogP contribution in [0.25, 0.3) is 0 Å². The fourth-order valence-corrected chi connectivity index (χ4v) is 1.96. The van der Waals surface area contributed by atoms with E-state index in [0.717, 1.165) is 22.7 Å². The van der Waals surface area contributed by atoms with Crippen molar-refractivity contribution in [3.8, 4) is 6.07 Å². The molecular weight excluding hydrogens is 198 g/mol. The predicted molar refractivity (Wildman–Crippen MR) is 65.1 cm³/mol. The molecule has 1 aliphatic carbocycles. The van der Waals surface area contributed by atoms with E-state index in [1.165, 1.54) is 12.8 Å². The minimum atomic E-state index is 0.382. The van der Waals surface area contributed by atoms with Crippen molar-refractivity contribution >= 4 is 5.69 Å². The molecule has 1 atom stereocenters. The first-order valence-corrected chi connectivity index (χ1v) is 5.72. The second-order valence-corrected chi connectivity index (χ2v) is 4.47. The van der Waals surface area contributed by atoms with Crippen LogP contribution >= 0.6 is 0 Å². The van der Waals surface area contributed by atoms with Gasteiger partial charge in [-0.2, -0.15) is 5.26 Å². The fourth-order valence-electron chi connectivity index (χ4n) is 1.96. The maximum absolute atomic E-state index is 8.85. The normalized spacial score (nSPS) is 16.6. The highest BCUT2D eigenvalue weighted by Gasteiger charge is 2.30. The molecule has 1 aromatic rings. The standard InChI is InChI=1S/C13H17N3/c1-9-6-12(5-4-11(9)7-14)16-13(8-15)10-2-3-10/h4-6,10,13,16H,2-3,8,15H2,1H3. The number of anilines is 1. The number of nitrogens with one attached hydrogen (secondary N) is 1. The Bertz CT molecular complexity index is 416. The van der Waals surface area contributed by atoms with E-state index in [0.29, 0.717) is 12.6 Å². The summed E-state index contributed by atoms with van der Waals surface area (Å²) in [5, 5.41) is 12.3. The Morgan fingerprint density at radius 2 is 2.31 bits per heavy atom. The molecule has 0 radical (unpaired) electrons. The van der Waals surface area contributed by atoms with Crippen molar-refractivity contribution in [1.29, 1.82) is 5.26 Å². The summed E-state index contributed by atoms with van der Waals surface area (Å²) in [6, 6.07) is 8.39. The Morgan fingerprint density at radius 3 is 2.81 bits per heavy atom. The van der Waals surface area contributed by atoms with E-state index in [2.05, 4.69) is 11.4 Å². The first-order chi connectivity index (χ1) is 7.74. The Hall–Kier alpha value is -1.53. The summed E-state index contributed by atoms with van der Waals surface area (Å²) in [4.78, 5) is 0. The zero-order valence-corrected chi connectivity index (χ0v) is 9.53. The predicted octanol–water partition coefficient (Wildman–Crippen LogP) is 2.02. The van der Waals surface area contributed by atoms with E-state index in [1.54, 1.807) is 0 Å². The first kappa shape index (κ1) is 11.0. The van der Waals surface area contributed by atoms with Gasteiger partial charge in [0.05, 0.1) is 11.6 Å². The highest BCUT2D eigenvalue weighted by Crippen LogP contribution is 2.33. The fraction of sp³-hybridized carbons (Fsp3) is 0.462. The Morgan fingerprint density at radius 1 is 1.56 bits per heavy atom. The van der Waals surface area contributed by atoms with E-state index < -0.39 is 0 Å². The van der Waals surface area contributed by atoms with Gasteiger partial charge in [-0.15, -0.1) is 0 Å². The molecule has 0 saturated heterocycles. The van der Waals surface area contributed by atoms with Gasteiger partial charge < -0.3 is 11.1 Å². The first-order valence-electron chi connectivity index (χ1n) is 5.72. The molecule has 3 heteroatoms. The lowest BCUT2D eigenvalue weighted by atomic mass is 10.1. The van der Waals surface area contributed by atoms with Crippen LogP contribution in [0, 0.1) is 24.2 Å². The molecule has 16 heavy (non-hydrogen) atoms. The minimum Gasteiger partial charge on any atom is -0.381 e. The molecule has 2 rings (SSSR count). The van der Waals surface area contributed by atoms with E-state index in [1.807, 2.05) is 25.1 Å². The molecule has 84 valence electrons. The number of nitrogens with zero attached hydrogens (tertiary/aromatic N) is 1. The third kappa shape index (κ3) is 2.34. The molecular formula is C13H17N3. The Balaban J connectivity index is 2.09. The van der Waals surface area contributed by atoms with Crippen LogP contribution in [-0.4, -0.2) is 12.6 Å². The summed E-state index contributed by atoms with van der Waals surface area (Å²) < 4.78 is 0. The number of benzene rings is 1. The molecule has 1 fully saturated rings. The van der Waals surface area contributed by atoms with Crippen LogP contribution in [0.2, 0.25) is 0 Å². The number of aryl methyl sites for hydroxylation is 1. The van der Waals surface area contributed by atoms with Crippen molar-refractivity contribution in [2.24, 2.45) is 11.7 Å². The highest BCUT2D eigenvalue weighted by atomic mass is 15.0. The summed E-state index contributed by atoms with van der Waals surface area (Å²) in [5.74, 6) is 0.737. The summed E-state index contributed by atoms with van der Waals surface area (Å²) in [6.45, 7) is 2.63. The van der Waals surface area contributed by atoms with Gasteiger partial charge in [-0.25, -0.2) is 0 Å². The van der Waals surface area contributed by atoms with Gasteiger partial charge in [0.2, 0.25) is 0 Å². The second-order valence-electron chi connectivity index (χ2n) is 4.47.